The van der Waals surface area contributed by atoms with Crippen molar-refractivity contribution in [1.29, 1.82) is 0 Å². The minimum absolute atomic E-state index is 0.471. The molecule has 0 nitrogen and oxygen atoms in total. The molecule has 7 aromatic rings. The lowest BCUT2D eigenvalue weighted by molar-refractivity contribution is 0.715. The Kier molecular flexibility index (Phi) is 18.9. The highest BCUT2D eigenvalue weighted by molar-refractivity contribution is 5.85. The van der Waals surface area contributed by atoms with E-state index in [4.69, 9.17) is 0 Å². The van der Waals surface area contributed by atoms with Crippen LogP contribution in [0.5, 0.6) is 0 Å². The summed E-state index contributed by atoms with van der Waals surface area (Å²) in [4.78, 5) is 0. The molecule has 0 bridgehead atoms. The first-order valence-corrected chi connectivity index (χ1v) is 22.7. The van der Waals surface area contributed by atoms with Crippen molar-refractivity contribution in [3.05, 3.63) is 233 Å². The van der Waals surface area contributed by atoms with Crippen molar-refractivity contribution in [3.8, 4) is 11.1 Å². The van der Waals surface area contributed by atoms with Crippen LogP contribution in [0.1, 0.15) is 117 Å². The third-order valence-corrected chi connectivity index (χ3v) is 11.2. The van der Waals surface area contributed by atoms with Gasteiger partial charge >= 0.3 is 0 Å². The van der Waals surface area contributed by atoms with Crippen molar-refractivity contribution in [2.75, 3.05) is 0 Å². The largest absolute Gasteiger partial charge is 0.0955 e. The van der Waals surface area contributed by atoms with Gasteiger partial charge in [-0.3, -0.25) is 0 Å². The SMILES string of the molecule is C=C(C)c1ccccc1.CCC/C(=C\C(CCC)c1ccc2c(c1)C=CCC2)c1ccc(-c2ccc(C)cc2)cc1.CCCc1cccc2ccccc12.Cc1ccccc1. The Morgan fingerprint density at radius 3 is 1.84 bits per heavy atom. The predicted molar refractivity (Wildman–Crippen MR) is 271 cm³/mol. The second kappa shape index (κ2) is 24.9. The lowest BCUT2D eigenvalue weighted by Gasteiger charge is -2.19. The maximum atomic E-state index is 3.83. The number of benzene rings is 7. The molecule has 8 rings (SSSR count). The highest BCUT2D eigenvalue weighted by Crippen LogP contribution is 2.33. The van der Waals surface area contributed by atoms with E-state index in [2.05, 4.69) is 193 Å². The summed E-state index contributed by atoms with van der Waals surface area (Å²) in [6.45, 7) is 16.9. The van der Waals surface area contributed by atoms with E-state index in [0.717, 1.165) is 18.4 Å². The Hall–Kier alpha value is -5.98. The molecule has 0 saturated carbocycles. The molecule has 1 atom stereocenters. The van der Waals surface area contributed by atoms with Crippen molar-refractivity contribution in [3.63, 3.8) is 0 Å². The van der Waals surface area contributed by atoms with Gasteiger partial charge in [-0.1, -0.05) is 251 Å². The molecule has 7 aromatic carbocycles. The lowest BCUT2D eigenvalue weighted by atomic mass is 9.86. The average Bonchev–Trinajstić information content (AvgIpc) is 3.30. The second-order valence-corrected chi connectivity index (χ2v) is 16.4. The monoisotopic (exact) mass is 801 g/mol. The molecule has 1 aliphatic carbocycles. The van der Waals surface area contributed by atoms with Crippen LogP contribution in [0.15, 0.2) is 189 Å². The number of allylic oxidation sites excluding steroid dienone is 4. The summed E-state index contributed by atoms with van der Waals surface area (Å²) >= 11 is 0. The maximum absolute atomic E-state index is 3.83. The maximum Gasteiger partial charge on any atom is 0.00241 e. The van der Waals surface area contributed by atoms with E-state index in [1.54, 1.807) is 0 Å². The third kappa shape index (κ3) is 14.6. The Morgan fingerprint density at radius 2 is 1.23 bits per heavy atom. The van der Waals surface area contributed by atoms with Gasteiger partial charge in [-0.15, -0.1) is 0 Å². The summed E-state index contributed by atoms with van der Waals surface area (Å²) in [5, 5.41) is 2.76. The normalized spacial score (nSPS) is 12.1. The van der Waals surface area contributed by atoms with Crippen LogP contribution in [-0.2, 0) is 12.8 Å². The zero-order valence-electron chi connectivity index (χ0n) is 37.8. The van der Waals surface area contributed by atoms with Crippen LogP contribution in [0.2, 0.25) is 0 Å². The van der Waals surface area contributed by atoms with E-state index in [1.165, 1.54) is 111 Å². The summed E-state index contributed by atoms with van der Waals surface area (Å²) in [7, 11) is 0. The van der Waals surface area contributed by atoms with Crippen LogP contribution in [0.3, 0.4) is 0 Å². The van der Waals surface area contributed by atoms with Crippen LogP contribution >= 0.6 is 0 Å². The summed E-state index contributed by atoms with van der Waals surface area (Å²) < 4.78 is 0. The van der Waals surface area contributed by atoms with Gasteiger partial charge in [0.05, 0.1) is 0 Å². The van der Waals surface area contributed by atoms with Crippen molar-refractivity contribution in [1.82, 2.24) is 0 Å². The number of hydrogen-bond donors (Lipinski definition) is 0. The highest BCUT2D eigenvalue weighted by atomic mass is 14.2. The number of aryl methyl sites for hydroxylation is 4. The topological polar surface area (TPSA) is 0 Å². The fraction of sp³-hybridized carbons (Fsp3) is 0.246. The fourth-order valence-corrected chi connectivity index (χ4v) is 7.83. The zero-order valence-corrected chi connectivity index (χ0v) is 37.8. The summed E-state index contributed by atoms with van der Waals surface area (Å²) in [5.41, 5.74) is 16.2. The smallest absolute Gasteiger partial charge is 0.00241 e. The Balaban J connectivity index is 0.000000195. The molecule has 1 aliphatic rings. The van der Waals surface area contributed by atoms with Crippen LogP contribution in [0, 0.1) is 13.8 Å². The standard InChI is InChI=1S/C32H36.C13H14.C9H10.C7H8/c1-4-8-29(28-18-16-27(17-19-28)26-14-12-24(3)13-15-26)22-30(9-5-2)32-21-20-25-10-6-7-11-31(25)23-32;1-2-6-11-8-5-9-12-7-3-4-10-13(11)12;1-8(2)9-6-4-3-5-7-9;1-7-5-3-2-4-6-7/h7,11-23,30H,4-6,8-10H2,1-3H3;3-5,7-10H,2,6H2,1H3;3-7H,1H2,2H3;2-6H,1H3/b29-22+;;;. The van der Waals surface area contributed by atoms with Gasteiger partial charge in [0.2, 0.25) is 0 Å². The van der Waals surface area contributed by atoms with Crippen LogP contribution in [0.4, 0.5) is 0 Å². The van der Waals surface area contributed by atoms with Gasteiger partial charge < -0.3 is 0 Å². The highest BCUT2D eigenvalue weighted by Gasteiger charge is 2.14. The van der Waals surface area contributed by atoms with Crippen molar-refractivity contribution < 1.29 is 0 Å². The molecule has 0 fully saturated rings. The van der Waals surface area contributed by atoms with E-state index in [-0.39, 0.29) is 0 Å². The van der Waals surface area contributed by atoms with Crippen molar-refractivity contribution in [2.45, 2.75) is 98.8 Å². The molecule has 0 N–H and O–H groups in total. The Labute approximate surface area is 369 Å². The van der Waals surface area contributed by atoms with E-state index in [1.807, 2.05) is 43.3 Å². The first-order chi connectivity index (χ1) is 29.8. The first-order valence-electron chi connectivity index (χ1n) is 22.7. The first kappa shape index (κ1) is 46.1. The molecular formula is C61H68. The van der Waals surface area contributed by atoms with Gasteiger partial charge in [0.1, 0.15) is 0 Å². The van der Waals surface area contributed by atoms with E-state index in [9.17, 15) is 0 Å². The summed E-state index contributed by atoms with van der Waals surface area (Å²) in [5.74, 6) is 0.471. The molecule has 0 amide bonds. The number of hydrogen-bond acceptors (Lipinski definition) is 0. The molecule has 0 heterocycles. The number of rotatable bonds is 11. The fourth-order valence-electron chi connectivity index (χ4n) is 7.83. The van der Waals surface area contributed by atoms with Gasteiger partial charge in [-0.05, 0) is 114 Å². The second-order valence-electron chi connectivity index (χ2n) is 16.4. The van der Waals surface area contributed by atoms with Gasteiger partial charge in [0.25, 0.3) is 0 Å². The van der Waals surface area contributed by atoms with Crippen LogP contribution < -0.4 is 0 Å². The predicted octanol–water partition coefficient (Wildman–Crippen LogP) is 17.9. The average molecular weight is 801 g/mol. The quantitative estimate of drug-likeness (QED) is 0.122. The third-order valence-electron chi connectivity index (χ3n) is 11.2. The van der Waals surface area contributed by atoms with Crippen molar-refractivity contribution >= 4 is 28.0 Å². The Morgan fingerprint density at radius 1 is 0.607 bits per heavy atom. The van der Waals surface area contributed by atoms with Crippen LogP contribution in [-0.4, -0.2) is 0 Å². The molecule has 61 heavy (non-hydrogen) atoms. The van der Waals surface area contributed by atoms with Gasteiger partial charge in [0.15, 0.2) is 0 Å². The zero-order chi connectivity index (χ0) is 43.2. The molecule has 0 aromatic heterocycles. The molecule has 312 valence electrons. The molecule has 0 spiro atoms. The molecule has 0 aliphatic heterocycles. The lowest BCUT2D eigenvalue weighted by Crippen LogP contribution is -2.01. The molecule has 1 unspecified atom stereocenters. The molecule has 0 heteroatoms. The summed E-state index contributed by atoms with van der Waals surface area (Å²) in [6, 6.07) is 60.7. The molecule has 0 saturated heterocycles. The number of fused-ring (bicyclic) bond motifs is 2. The van der Waals surface area contributed by atoms with E-state index in [0.29, 0.717) is 5.92 Å². The van der Waals surface area contributed by atoms with Crippen molar-refractivity contribution in [2.24, 2.45) is 0 Å². The van der Waals surface area contributed by atoms with Crippen LogP contribution in [0.25, 0.3) is 39.1 Å². The van der Waals surface area contributed by atoms with Gasteiger partial charge in [0, 0.05) is 5.92 Å². The minimum Gasteiger partial charge on any atom is -0.0955 e. The Bertz CT molecular complexity index is 2400. The van der Waals surface area contributed by atoms with Gasteiger partial charge in [-0.25, -0.2) is 0 Å². The minimum atomic E-state index is 0.471. The summed E-state index contributed by atoms with van der Waals surface area (Å²) in [6.07, 6.45) is 16.6. The van der Waals surface area contributed by atoms with E-state index < -0.39 is 0 Å². The molecular weight excluding hydrogens is 733 g/mol. The molecule has 0 radical (unpaired) electrons. The van der Waals surface area contributed by atoms with E-state index >= 15 is 0 Å². The van der Waals surface area contributed by atoms with Gasteiger partial charge in [-0.2, -0.15) is 0 Å².